The van der Waals surface area contributed by atoms with Gasteiger partial charge in [0.25, 0.3) is 0 Å². The van der Waals surface area contributed by atoms with E-state index >= 15 is 0 Å². The van der Waals surface area contributed by atoms with Gasteiger partial charge in [-0.15, -0.1) is 0 Å². The summed E-state index contributed by atoms with van der Waals surface area (Å²) in [5, 5.41) is 0. The van der Waals surface area contributed by atoms with Crippen LogP contribution in [0.1, 0.15) is 59.6 Å². The van der Waals surface area contributed by atoms with Gasteiger partial charge in [-0.3, -0.25) is 4.79 Å². The first kappa shape index (κ1) is 20.9. The lowest BCUT2D eigenvalue weighted by molar-refractivity contribution is -0.144. The molecule has 0 aliphatic carbocycles. The number of piperazine rings is 1. The van der Waals surface area contributed by atoms with Gasteiger partial charge in [-0.1, -0.05) is 32.9 Å². The van der Waals surface area contributed by atoms with Gasteiger partial charge in [0.2, 0.25) is 15.9 Å². The highest BCUT2D eigenvalue weighted by Crippen LogP contribution is 2.32. The number of rotatable bonds is 3. The molecule has 0 aromatic heterocycles. The highest BCUT2D eigenvalue weighted by molar-refractivity contribution is 7.89. The maximum Gasteiger partial charge on any atom is 0.243 e. The minimum atomic E-state index is -3.74. The number of sulfonamides is 1. The molecule has 1 fully saturated rings. The zero-order valence-electron chi connectivity index (χ0n) is 17.3. The lowest BCUT2D eigenvalue weighted by Gasteiger charge is -2.48. The van der Waals surface area contributed by atoms with Crippen LogP contribution < -0.4 is 0 Å². The minimum absolute atomic E-state index is 0.0355. The van der Waals surface area contributed by atoms with E-state index < -0.39 is 15.6 Å². The second kappa shape index (κ2) is 6.64. The van der Waals surface area contributed by atoms with Crippen LogP contribution in [0.4, 0.5) is 0 Å². The quantitative estimate of drug-likeness (QED) is 0.808. The molecule has 1 aromatic rings. The molecule has 1 saturated heterocycles. The van der Waals surface area contributed by atoms with Crippen molar-refractivity contribution in [2.75, 3.05) is 13.1 Å². The fourth-order valence-electron chi connectivity index (χ4n) is 3.77. The average Bonchev–Trinajstić information content (AvgIpc) is 2.43. The van der Waals surface area contributed by atoms with Crippen molar-refractivity contribution in [1.29, 1.82) is 0 Å². The molecule has 6 heteroatoms. The summed E-state index contributed by atoms with van der Waals surface area (Å²) < 4.78 is 28.0. The van der Waals surface area contributed by atoms with E-state index in [1.165, 1.54) is 4.31 Å². The van der Waals surface area contributed by atoms with Crippen molar-refractivity contribution < 1.29 is 13.2 Å². The summed E-state index contributed by atoms with van der Waals surface area (Å²) >= 11 is 0. The summed E-state index contributed by atoms with van der Waals surface area (Å²) in [6.07, 6.45) is 0. The molecule has 1 amide bonds. The van der Waals surface area contributed by atoms with Crippen LogP contribution >= 0.6 is 0 Å². The van der Waals surface area contributed by atoms with Crippen molar-refractivity contribution in [2.45, 2.75) is 77.3 Å². The van der Waals surface area contributed by atoms with E-state index in [2.05, 4.69) is 20.8 Å². The third-order valence-corrected chi connectivity index (χ3v) is 6.92. The van der Waals surface area contributed by atoms with Gasteiger partial charge in [-0.05, 0) is 57.2 Å². The zero-order valence-corrected chi connectivity index (χ0v) is 18.1. The van der Waals surface area contributed by atoms with Gasteiger partial charge in [-0.2, -0.15) is 4.31 Å². The van der Waals surface area contributed by atoms with Crippen LogP contribution in [0.25, 0.3) is 0 Å². The Morgan fingerprint density at radius 2 is 1.73 bits per heavy atom. The van der Waals surface area contributed by atoms with Crippen LogP contribution in [0.3, 0.4) is 0 Å². The SMILES string of the molecule is Cc1ccc(C(C)(C)C)cc1S(=O)(=O)N1CC(=O)N(C(C)C)C(C)(C)C1. The molecule has 0 radical (unpaired) electrons. The van der Waals surface area contributed by atoms with E-state index in [0.717, 1.165) is 5.56 Å². The largest absolute Gasteiger partial charge is 0.333 e. The molecule has 0 bridgehead atoms. The molecular formula is C20H32N2O3S. The maximum atomic E-state index is 13.4. The van der Waals surface area contributed by atoms with E-state index in [-0.39, 0.29) is 23.9 Å². The van der Waals surface area contributed by atoms with Crippen LogP contribution in [0.5, 0.6) is 0 Å². The van der Waals surface area contributed by atoms with Crippen molar-refractivity contribution in [3.05, 3.63) is 29.3 Å². The number of carbonyl (C=O) groups excluding carboxylic acids is 1. The van der Waals surface area contributed by atoms with E-state index in [0.29, 0.717) is 17.0 Å². The summed E-state index contributed by atoms with van der Waals surface area (Å²) in [5.74, 6) is -0.149. The molecule has 1 aliphatic rings. The first-order valence-electron chi connectivity index (χ1n) is 9.11. The molecule has 0 atom stereocenters. The first-order chi connectivity index (χ1) is 11.7. The molecular weight excluding hydrogens is 348 g/mol. The Morgan fingerprint density at radius 1 is 1.15 bits per heavy atom. The summed E-state index contributed by atoms with van der Waals surface area (Å²) in [6.45, 7) is 15.9. The predicted molar refractivity (Wildman–Crippen MR) is 105 cm³/mol. The molecule has 0 unspecified atom stereocenters. The van der Waals surface area contributed by atoms with Gasteiger partial charge in [0, 0.05) is 12.6 Å². The summed E-state index contributed by atoms with van der Waals surface area (Å²) in [4.78, 5) is 14.8. The fraction of sp³-hybridized carbons (Fsp3) is 0.650. The van der Waals surface area contributed by atoms with Gasteiger partial charge in [0.05, 0.1) is 17.0 Å². The minimum Gasteiger partial charge on any atom is -0.333 e. The molecule has 0 spiro atoms. The molecule has 2 rings (SSSR count). The molecule has 1 heterocycles. The number of carbonyl (C=O) groups is 1. The lowest BCUT2D eigenvalue weighted by atomic mass is 9.87. The van der Waals surface area contributed by atoms with Crippen molar-refractivity contribution in [1.82, 2.24) is 9.21 Å². The number of hydrogen-bond donors (Lipinski definition) is 0. The van der Waals surface area contributed by atoms with Gasteiger partial charge in [-0.25, -0.2) is 8.42 Å². The van der Waals surface area contributed by atoms with E-state index in [9.17, 15) is 13.2 Å². The molecule has 5 nitrogen and oxygen atoms in total. The number of benzene rings is 1. The Hall–Kier alpha value is -1.40. The van der Waals surface area contributed by atoms with Gasteiger partial charge in [0.1, 0.15) is 0 Å². The third-order valence-electron chi connectivity index (χ3n) is 4.98. The van der Waals surface area contributed by atoms with Crippen molar-refractivity contribution in [3.63, 3.8) is 0 Å². The Bertz CT molecular complexity index is 805. The Balaban J connectivity index is 2.48. The topological polar surface area (TPSA) is 57.7 Å². The van der Waals surface area contributed by atoms with Crippen LogP contribution in [0.15, 0.2) is 23.1 Å². The summed E-state index contributed by atoms with van der Waals surface area (Å²) in [6, 6.07) is 5.62. The monoisotopic (exact) mass is 380 g/mol. The standard InChI is InChI=1S/C20H32N2O3S/c1-14(2)22-18(23)12-21(13-20(22,7)8)26(24,25)17-11-16(19(4,5)6)10-9-15(17)3/h9-11,14H,12-13H2,1-8H3. The van der Waals surface area contributed by atoms with Crippen LogP contribution in [-0.2, 0) is 20.2 Å². The Kier molecular flexibility index (Phi) is 5.34. The van der Waals surface area contributed by atoms with Crippen molar-refractivity contribution >= 4 is 15.9 Å². The van der Waals surface area contributed by atoms with Gasteiger partial charge >= 0.3 is 0 Å². The fourth-order valence-corrected chi connectivity index (χ4v) is 5.56. The van der Waals surface area contributed by atoms with E-state index in [1.807, 2.05) is 39.8 Å². The average molecular weight is 381 g/mol. The zero-order chi connectivity index (χ0) is 20.1. The van der Waals surface area contributed by atoms with Crippen LogP contribution in [-0.4, -0.2) is 48.2 Å². The Morgan fingerprint density at radius 3 is 2.19 bits per heavy atom. The number of amides is 1. The van der Waals surface area contributed by atoms with E-state index in [1.54, 1.807) is 17.9 Å². The van der Waals surface area contributed by atoms with Crippen LogP contribution in [0.2, 0.25) is 0 Å². The highest BCUT2D eigenvalue weighted by atomic mass is 32.2. The normalized spacial score (nSPS) is 19.3. The first-order valence-corrected chi connectivity index (χ1v) is 10.6. The Labute approximate surface area is 158 Å². The molecule has 1 aliphatic heterocycles. The third kappa shape index (κ3) is 3.81. The van der Waals surface area contributed by atoms with E-state index in [4.69, 9.17) is 0 Å². The molecule has 0 saturated carbocycles. The smallest absolute Gasteiger partial charge is 0.243 e. The molecule has 26 heavy (non-hydrogen) atoms. The number of hydrogen-bond acceptors (Lipinski definition) is 3. The van der Waals surface area contributed by atoms with Gasteiger partial charge < -0.3 is 4.90 Å². The second-order valence-corrected chi connectivity index (χ2v) is 11.1. The number of aryl methyl sites for hydroxylation is 1. The van der Waals surface area contributed by atoms with Crippen LogP contribution in [0, 0.1) is 6.92 Å². The predicted octanol–water partition coefficient (Wildman–Crippen LogP) is 3.31. The molecule has 0 N–H and O–H groups in total. The lowest BCUT2D eigenvalue weighted by Crippen LogP contribution is -2.64. The van der Waals surface area contributed by atoms with Crippen molar-refractivity contribution in [3.8, 4) is 0 Å². The maximum absolute atomic E-state index is 13.4. The van der Waals surface area contributed by atoms with Crippen molar-refractivity contribution in [2.24, 2.45) is 0 Å². The summed E-state index contributed by atoms with van der Waals surface area (Å²) in [7, 11) is -3.74. The second-order valence-electron chi connectivity index (χ2n) is 9.17. The van der Waals surface area contributed by atoms with Gasteiger partial charge in [0.15, 0.2) is 0 Å². The molecule has 146 valence electrons. The number of nitrogens with zero attached hydrogens (tertiary/aromatic N) is 2. The summed E-state index contributed by atoms with van der Waals surface area (Å²) in [5.41, 5.74) is 0.970. The highest BCUT2D eigenvalue weighted by Gasteiger charge is 2.44. The molecule has 1 aromatic carbocycles.